The van der Waals surface area contributed by atoms with Gasteiger partial charge in [0, 0.05) is 32.5 Å². The lowest BCUT2D eigenvalue weighted by Crippen LogP contribution is -2.29. The highest BCUT2D eigenvalue weighted by Crippen LogP contribution is 2.30. The van der Waals surface area contributed by atoms with E-state index in [4.69, 9.17) is 23.2 Å². The maximum absolute atomic E-state index is 13.1. The molecule has 2 N–H and O–H groups in total. The Balaban J connectivity index is 1.32. The van der Waals surface area contributed by atoms with Crippen molar-refractivity contribution in [1.82, 2.24) is 0 Å². The molecular weight excluding hydrogens is 513 g/mol. The average Bonchev–Trinajstić information content (AvgIpc) is 3.16. The second kappa shape index (κ2) is 9.89. The summed E-state index contributed by atoms with van der Waals surface area (Å²) in [6.07, 6.45) is 0. The van der Waals surface area contributed by atoms with Gasteiger partial charge in [0.25, 0.3) is 23.6 Å². The third kappa shape index (κ3) is 4.95. The molecule has 0 aromatic heterocycles. The summed E-state index contributed by atoms with van der Waals surface area (Å²) in [7, 11) is 0. The number of nitrogens with one attached hydrogen (secondary N) is 2. The van der Waals surface area contributed by atoms with Crippen molar-refractivity contribution in [2.24, 2.45) is 0 Å². The van der Waals surface area contributed by atoms with Gasteiger partial charge in [0.15, 0.2) is 0 Å². The largest absolute Gasteiger partial charge is 0.322 e. The molecule has 0 aliphatic carbocycles. The van der Waals surface area contributed by atoms with Crippen LogP contribution in [0.3, 0.4) is 0 Å². The van der Waals surface area contributed by atoms with Crippen LogP contribution in [0.25, 0.3) is 0 Å². The van der Waals surface area contributed by atoms with Gasteiger partial charge < -0.3 is 10.6 Å². The molecule has 0 fully saturated rings. The molecule has 0 atom stereocenters. The molecule has 1 aliphatic heterocycles. The molecule has 0 unspecified atom stereocenters. The van der Waals surface area contributed by atoms with Crippen LogP contribution in [0.1, 0.15) is 41.4 Å². The lowest BCUT2D eigenvalue weighted by atomic mass is 10.1. The van der Waals surface area contributed by atoms with E-state index in [2.05, 4.69) is 10.6 Å². The van der Waals surface area contributed by atoms with Crippen molar-refractivity contribution < 1.29 is 19.2 Å². The number of amides is 4. The Morgan fingerprint density at radius 1 is 0.568 bits per heavy atom. The van der Waals surface area contributed by atoms with Gasteiger partial charge in [-0.1, -0.05) is 23.2 Å². The summed E-state index contributed by atoms with van der Waals surface area (Å²) >= 11 is 11.7. The number of halogens is 2. The molecule has 7 nitrogen and oxygen atoms in total. The van der Waals surface area contributed by atoms with E-state index in [-0.39, 0.29) is 22.6 Å². The van der Waals surface area contributed by atoms with Crippen molar-refractivity contribution in [2.75, 3.05) is 15.5 Å². The first-order chi connectivity index (χ1) is 17.8. The zero-order valence-corrected chi connectivity index (χ0v) is 20.5. The van der Waals surface area contributed by atoms with Crippen molar-refractivity contribution in [3.8, 4) is 0 Å². The number of hydrogen-bond acceptors (Lipinski definition) is 4. The minimum Gasteiger partial charge on any atom is -0.322 e. The summed E-state index contributed by atoms with van der Waals surface area (Å²) in [6.45, 7) is 0. The number of benzene rings is 4. The Morgan fingerprint density at radius 2 is 1.03 bits per heavy atom. The molecule has 4 aromatic carbocycles. The number of rotatable bonds is 5. The second-order valence-corrected chi connectivity index (χ2v) is 9.05. The first kappa shape index (κ1) is 24.2. The number of fused-ring (bicyclic) bond motifs is 1. The summed E-state index contributed by atoms with van der Waals surface area (Å²) in [5.41, 5.74) is 2.31. The molecule has 9 heteroatoms. The van der Waals surface area contributed by atoms with E-state index in [9.17, 15) is 19.2 Å². The third-order valence-corrected chi connectivity index (χ3v) is 6.24. The van der Waals surface area contributed by atoms with Gasteiger partial charge in [-0.3, -0.25) is 19.2 Å². The molecule has 0 bridgehead atoms. The number of carbonyl (C=O) groups excluding carboxylic acids is 4. The van der Waals surface area contributed by atoms with Crippen LogP contribution in [0, 0.1) is 0 Å². The molecule has 0 spiro atoms. The van der Waals surface area contributed by atoms with Crippen LogP contribution in [0.2, 0.25) is 10.0 Å². The van der Waals surface area contributed by atoms with E-state index in [1.807, 2.05) is 0 Å². The highest BCUT2D eigenvalue weighted by atomic mass is 35.5. The van der Waals surface area contributed by atoms with E-state index in [0.29, 0.717) is 32.7 Å². The monoisotopic (exact) mass is 529 g/mol. The van der Waals surface area contributed by atoms with Gasteiger partial charge in [0.1, 0.15) is 0 Å². The summed E-state index contributed by atoms with van der Waals surface area (Å²) in [4.78, 5) is 52.4. The minimum atomic E-state index is -0.556. The van der Waals surface area contributed by atoms with Gasteiger partial charge in [0.2, 0.25) is 0 Å². The van der Waals surface area contributed by atoms with Gasteiger partial charge in [-0.2, -0.15) is 0 Å². The Morgan fingerprint density at radius 3 is 1.57 bits per heavy atom. The van der Waals surface area contributed by atoms with Crippen molar-refractivity contribution in [3.63, 3.8) is 0 Å². The Kier molecular flexibility index (Phi) is 6.48. The highest BCUT2D eigenvalue weighted by Gasteiger charge is 2.37. The highest BCUT2D eigenvalue weighted by molar-refractivity contribution is 6.35. The van der Waals surface area contributed by atoms with Crippen LogP contribution in [-0.4, -0.2) is 23.6 Å². The topological polar surface area (TPSA) is 95.6 Å². The molecule has 182 valence electrons. The third-order valence-electron chi connectivity index (χ3n) is 5.74. The van der Waals surface area contributed by atoms with Crippen LogP contribution >= 0.6 is 23.2 Å². The average molecular weight is 530 g/mol. The summed E-state index contributed by atoms with van der Waals surface area (Å²) in [5, 5.41) is 6.57. The van der Waals surface area contributed by atoms with E-state index in [1.54, 1.807) is 48.5 Å². The van der Waals surface area contributed by atoms with Crippen molar-refractivity contribution in [2.45, 2.75) is 0 Å². The maximum atomic E-state index is 13.1. The van der Waals surface area contributed by atoms with Gasteiger partial charge in [-0.15, -0.1) is 0 Å². The van der Waals surface area contributed by atoms with E-state index in [1.165, 1.54) is 42.5 Å². The minimum absolute atomic E-state index is 0.123. The van der Waals surface area contributed by atoms with E-state index < -0.39 is 17.7 Å². The second-order valence-electron chi connectivity index (χ2n) is 8.17. The Bertz CT molecular complexity index is 1550. The normalized spacial score (nSPS) is 12.3. The first-order valence-corrected chi connectivity index (χ1v) is 11.8. The maximum Gasteiger partial charge on any atom is 0.266 e. The van der Waals surface area contributed by atoms with E-state index >= 15 is 0 Å². The van der Waals surface area contributed by atoms with Gasteiger partial charge in [-0.05, 0) is 91.0 Å². The fraction of sp³-hybridized carbons (Fsp3) is 0. The zero-order chi connectivity index (χ0) is 26.1. The van der Waals surface area contributed by atoms with Crippen LogP contribution in [-0.2, 0) is 0 Å². The van der Waals surface area contributed by atoms with Crippen molar-refractivity contribution in [3.05, 3.63) is 123 Å². The number of imide groups is 1. The molecule has 5 rings (SSSR count). The molecule has 0 saturated carbocycles. The molecule has 0 saturated heterocycles. The summed E-state index contributed by atoms with van der Waals surface area (Å²) in [6, 6.07) is 23.7. The summed E-state index contributed by atoms with van der Waals surface area (Å²) in [5.74, 6) is -1.85. The van der Waals surface area contributed by atoms with Gasteiger partial charge in [0.05, 0.1) is 16.8 Å². The fourth-order valence-electron chi connectivity index (χ4n) is 3.85. The van der Waals surface area contributed by atoms with Crippen LogP contribution in [0.15, 0.2) is 91.0 Å². The number of carbonyl (C=O) groups is 4. The quantitative estimate of drug-likeness (QED) is 0.296. The van der Waals surface area contributed by atoms with Crippen molar-refractivity contribution >= 4 is 63.9 Å². The number of anilines is 3. The lowest BCUT2D eigenvalue weighted by molar-refractivity contribution is 0.0924. The van der Waals surface area contributed by atoms with Crippen LogP contribution in [0.4, 0.5) is 17.1 Å². The lowest BCUT2D eigenvalue weighted by Gasteiger charge is -2.14. The van der Waals surface area contributed by atoms with Crippen LogP contribution < -0.4 is 15.5 Å². The molecule has 37 heavy (non-hydrogen) atoms. The molecular formula is C28H17Cl2N3O4. The Hall–Kier alpha value is -4.46. The standard InChI is InChI=1S/C28H17Cl2N3O4/c29-18-4-8-20(9-5-18)31-25(34)16-1-12-22(13-2-16)33-27(36)23-14-3-17(15-24(23)28(33)37)26(35)32-21-10-6-19(30)7-11-21/h1-15H,(H,31,34)(H,32,35). The predicted octanol–water partition coefficient (Wildman–Crippen LogP) is 6.30. The predicted molar refractivity (Wildman–Crippen MR) is 143 cm³/mol. The van der Waals surface area contributed by atoms with Crippen LogP contribution in [0.5, 0.6) is 0 Å². The summed E-state index contributed by atoms with van der Waals surface area (Å²) < 4.78 is 0. The van der Waals surface area contributed by atoms with Gasteiger partial charge in [-0.25, -0.2) is 4.90 Å². The van der Waals surface area contributed by atoms with Crippen molar-refractivity contribution in [1.29, 1.82) is 0 Å². The molecule has 4 aromatic rings. The number of hydrogen-bond donors (Lipinski definition) is 2. The zero-order valence-electron chi connectivity index (χ0n) is 19.0. The van der Waals surface area contributed by atoms with Gasteiger partial charge >= 0.3 is 0 Å². The molecule has 1 heterocycles. The molecule has 4 amide bonds. The van der Waals surface area contributed by atoms with E-state index in [0.717, 1.165) is 4.90 Å². The Labute approximate surface area is 221 Å². The SMILES string of the molecule is O=C(Nc1ccc(Cl)cc1)c1ccc(N2C(=O)c3ccc(C(=O)Nc4ccc(Cl)cc4)cc3C2=O)cc1. The fourth-order valence-corrected chi connectivity index (χ4v) is 4.10. The molecule has 1 aliphatic rings. The smallest absolute Gasteiger partial charge is 0.266 e. The number of nitrogens with zero attached hydrogens (tertiary/aromatic N) is 1. The molecule has 0 radical (unpaired) electrons. The first-order valence-electron chi connectivity index (χ1n) is 11.1.